The molecule has 0 bridgehead atoms. The molecule has 0 aromatic rings. The highest BCUT2D eigenvalue weighted by Gasteiger charge is 2.18. The van der Waals surface area contributed by atoms with Crippen molar-refractivity contribution in [2.24, 2.45) is 17.6 Å². The van der Waals surface area contributed by atoms with Crippen molar-refractivity contribution in [3.63, 3.8) is 0 Å². The van der Waals surface area contributed by atoms with E-state index < -0.39 is 10.1 Å². The number of hydrogen-bond donors (Lipinski definition) is 2. The fourth-order valence-corrected chi connectivity index (χ4v) is 2.02. The van der Waals surface area contributed by atoms with E-state index >= 15 is 0 Å². The Labute approximate surface area is 90.8 Å². The van der Waals surface area contributed by atoms with Crippen LogP contribution in [-0.4, -0.2) is 24.6 Å². The minimum absolute atomic E-state index is 0.160. The Morgan fingerprint density at radius 1 is 1.33 bits per heavy atom. The zero-order chi connectivity index (χ0) is 12.1. The van der Waals surface area contributed by atoms with E-state index in [2.05, 4.69) is 0 Å². The van der Waals surface area contributed by atoms with Crippen molar-refractivity contribution in [1.29, 1.82) is 0 Å². The third-order valence-electron chi connectivity index (χ3n) is 2.34. The number of hydrogen-bond acceptors (Lipinski definition) is 3. The largest absolute Gasteiger partial charge is 0.369 e. The quantitative estimate of drug-likeness (QED) is 0.505. The van der Waals surface area contributed by atoms with E-state index in [4.69, 9.17) is 10.3 Å². The zero-order valence-corrected chi connectivity index (χ0v) is 9.96. The van der Waals surface area contributed by atoms with Gasteiger partial charge in [-0.05, 0) is 18.8 Å². The summed E-state index contributed by atoms with van der Waals surface area (Å²) in [5.74, 6) is -0.659. The lowest BCUT2D eigenvalue weighted by molar-refractivity contribution is -0.123. The number of carbonyl (C=O) groups is 1. The van der Waals surface area contributed by atoms with Crippen LogP contribution in [0.25, 0.3) is 0 Å². The van der Waals surface area contributed by atoms with Crippen molar-refractivity contribution in [1.82, 2.24) is 0 Å². The maximum atomic E-state index is 11.0. The molecule has 0 spiro atoms. The molecule has 0 aliphatic carbocycles. The molecule has 0 rings (SSSR count). The van der Waals surface area contributed by atoms with Gasteiger partial charge in [0.15, 0.2) is 0 Å². The van der Waals surface area contributed by atoms with Crippen LogP contribution in [0, 0.1) is 11.8 Å². The first kappa shape index (κ1) is 14.4. The van der Waals surface area contributed by atoms with Gasteiger partial charge >= 0.3 is 0 Å². The summed E-state index contributed by atoms with van der Waals surface area (Å²) >= 11 is 0. The van der Waals surface area contributed by atoms with Crippen LogP contribution in [0.1, 0.15) is 33.1 Å². The van der Waals surface area contributed by atoms with Crippen molar-refractivity contribution in [3.8, 4) is 0 Å². The summed E-state index contributed by atoms with van der Waals surface area (Å²) in [4.78, 5) is 11.0. The second-order valence-corrected chi connectivity index (χ2v) is 5.61. The zero-order valence-electron chi connectivity index (χ0n) is 9.14. The molecule has 15 heavy (non-hydrogen) atoms. The highest BCUT2D eigenvalue weighted by molar-refractivity contribution is 7.85. The number of unbranched alkanes of at least 4 members (excludes halogenated alkanes) is 1. The van der Waals surface area contributed by atoms with Crippen LogP contribution in [0.15, 0.2) is 0 Å². The van der Waals surface area contributed by atoms with Crippen molar-refractivity contribution < 1.29 is 17.8 Å². The lowest BCUT2D eigenvalue weighted by Gasteiger charge is -2.16. The van der Waals surface area contributed by atoms with E-state index in [9.17, 15) is 13.2 Å². The minimum atomic E-state index is -3.88. The van der Waals surface area contributed by atoms with E-state index in [0.29, 0.717) is 19.3 Å². The Morgan fingerprint density at radius 3 is 2.20 bits per heavy atom. The van der Waals surface area contributed by atoms with Gasteiger partial charge in [-0.2, -0.15) is 8.42 Å². The van der Waals surface area contributed by atoms with Crippen LogP contribution in [0.3, 0.4) is 0 Å². The van der Waals surface area contributed by atoms with E-state index in [1.165, 1.54) is 0 Å². The predicted molar refractivity (Wildman–Crippen MR) is 57.8 cm³/mol. The third kappa shape index (κ3) is 7.33. The minimum Gasteiger partial charge on any atom is -0.369 e. The molecule has 5 nitrogen and oxygen atoms in total. The average Bonchev–Trinajstić information content (AvgIpc) is 2.00. The lowest BCUT2D eigenvalue weighted by Crippen LogP contribution is -2.27. The van der Waals surface area contributed by atoms with Gasteiger partial charge in [-0.3, -0.25) is 9.35 Å². The molecule has 0 radical (unpaired) electrons. The molecule has 0 aromatic carbocycles. The maximum Gasteiger partial charge on any atom is 0.264 e. The molecule has 1 amide bonds. The van der Waals surface area contributed by atoms with Crippen LogP contribution in [0.2, 0.25) is 0 Å². The van der Waals surface area contributed by atoms with Crippen molar-refractivity contribution in [2.75, 3.05) is 5.75 Å². The Hall–Kier alpha value is -0.620. The number of amides is 1. The van der Waals surface area contributed by atoms with E-state index in [0.717, 1.165) is 0 Å². The molecule has 0 saturated heterocycles. The number of nitrogens with two attached hydrogens (primary N) is 1. The first-order valence-electron chi connectivity index (χ1n) is 4.98. The lowest BCUT2D eigenvalue weighted by atomic mass is 9.90. The van der Waals surface area contributed by atoms with Crippen LogP contribution < -0.4 is 5.73 Å². The Kier molecular flexibility index (Phi) is 5.82. The molecule has 0 aromatic heterocycles. The molecule has 90 valence electrons. The van der Waals surface area contributed by atoms with Crippen molar-refractivity contribution in [3.05, 3.63) is 0 Å². The fourth-order valence-electron chi connectivity index (χ4n) is 1.45. The van der Waals surface area contributed by atoms with Gasteiger partial charge in [0, 0.05) is 5.92 Å². The monoisotopic (exact) mass is 237 g/mol. The molecule has 0 heterocycles. The molecule has 1 atom stereocenters. The molecule has 0 unspecified atom stereocenters. The second-order valence-electron chi connectivity index (χ2n) is 4.03. The summed E-state index contributed by atoms with van der Waals surface area (Å²) in [7, 11) is -3.88. The van der Waals surface area contributed by atoms with Crippen molar-refractivity contribution in [2.45, 2.75) is 33.1 Å². The van der Waals surface area contributed by atoms with Gasteiger partial charge in [-0.25, -0.2) is 0 Å². The smallest absolute Gasteiger partial charge is 0.264 e. The standard InChI is InChI=1S/C9H19NO4S/c1-7(2)8(9(10)11)5-3-4-6-15(12,13)14/h7-8H,3-6H2,1-2H3,(H2,10,11)(H,12,13,14)/t8-/m0/s1. The van der Waals surface area contributed by atoms with Gasteiger partial charge in [-0.1, -0.05) is 20.3 Å². The normalized spacial score (nSPS) is 14.1. The Balaban J connectivity index is 3.88. The average molecular weight is 237 g/mol. The fraction of sp³-hybridized carbons (Fsp3) is 0.889. The molecule has 0 fully saturated rings. The van der Waals surface area contributed by atoms with Gasteiger partial charge in [0.25, 0.3) is 10.1 Å². The molecule has 0 saturated carbocycles. The number of primary amides is 1. The van der Waals surface area contributed by atoms with Gasteiger partial charge in [0.2, 0.25) is 5.91 Å². The van der Waals surface area contributed by atoms with Crippen LogP contribution in [0.5, 0.6) is 0 Å². The Bertz CT molecular complexity index is 297. The highest BCUT2D eigenvalue weighted by Crippen LogP contribution is 2.17. The predicted octanol–water partition coefficient (Wildman–Crippen LogP) is 0.802. The number of carbonyl (C=O) groups excluding carboxylic acids is 1. The molecule has 0 aliphatic heterocycles. The Morgan fingerprint density at radius 2 is 1.87 bits per heavy atom. The maximum absolute atomic E-state index is 11.0. The van der Waals surface area contributed by atoms with Crippen LogP contribution in [0.4, 0.5) is 0 Å². The summed E-state index contributed by atoms with van der Waals surface area (Å²) < 4.78 is 29.3. The SMILES string of the molecule is CC(C)[C@H](CCCCS(=O)(=O)O)C(N)=O. The second kappa shape index (κ2) is 6.07. The summed E-state index contributed by atoms with van der Waals surface area (Å²) in [5, 5.41) is 0. The topological polar surface area (TPSA) is 97.5 Å². The third-order valence-corrected chi connectivity index (χ3v) is 3.14. The first-order chi connectivity index (χ1) is 6.74. The van der Waals surface area contributed by atoms with Crippen LogP contribution in [-0.2, 0) is 14.9 Å². The molecule has 6 heteroatoms. The summed E-state index contributed by atoms with van der Waals surface area (Å²) in [6.07, 6.45) is 1.50. The summed E-state index contributed by atoms with van der Waals surface area (Å²) in [6, 6.07) is 0. The van der Waals surface area contributed by atoms with E-state index in [1.807, 2.05) is 13.8 Å². The summed E-state index contributed by atoms with van der Waals surface area (Å²) in [6.45, 7) is 3.80. The molecular weight excluding hydrogens is 218 g/mol. The molecule has 3 N–H and O–H groups in total. The molecule has 0 aliphatic rings. The summed E-state index contributed by atoms with van der Waals surface area (Å²) in [5.41, 5.74) is 5.20. The van der Waals surface area contributed by atoms with Gasteiger partial charge in [0.05, 0.1) is 5.75 Å². The van der Waals surface area contributed by atoms with E-state index in [-0.39, 0.29) is 23.5 Å². The number of rotatable bonds is 7. The van der Waals surface area contributed by atoms with Gasteiger partial charge in [0.1, 0.15) is 0 Å². The van der Waals surface area contributed by atoms with Crippen molar-refractivity contribution >= 4 is 16.0 Å². The first-order valence-corrected chi connectivity index (χ1v) is 6.59. The highest BCUT2D eigenvalue weighted by atomic mass is 32.2. The van der Waals surface area contributed by atoms with E-state index in [1.54, 1.807) is 0 Å². The molecular formula is C9H19NO4S. The van der Waals surface area contributed by atoms with Crippen LogP contribution >= 0.6 is 0 Å². The van der Waals surface area contributed by atoms with Gasteiger partial charge < -0.3 is 5.73 Å². The van der Waals surface area contributed by atoms with Gasteiger partial charge in [-0.15, -0.1) is 0 Å².